The van der Waals surface area contributed by atoms with Gasteiger partial charge in [0.1, 0.15) is 15.9 Å². The second-order valence-corrected chi connectivity index (χ2v) is 8.76. The van der Waals surface area contributed by atoms with Crippen LogP contribution in [0.25, 0.3) is 0 Å². The van der Waals surface area contributed by atoms with Crippen LogP contribution in [0.15, 0.2) is 28.4 Å². The van der Waals surface area contributed by atoms with E-state index in [0.29, 0.717) is 27.2 Å². The maximum Gasteiger partial charge on any atom is 0.233 e. The zero-order valence-electron chi connectivity index (χ0n) is 15.4. The molecule has 27 heavy (non-hydrogen) atoms. The van der Waals surface area contributed by atoms with Crippen molar-refractivity contribution in [2.45, 2.75) is 48.4 Å². The summed E-state index contributed by atoms with van der Waals surface area (Å²) in [7, 11) is 1.54. The zero-order chi connectivity index (χ0) is 18.9. The fraction of sp³-hybridized carbons (Fsp3) is 0.526. The van der Waals surface area contributed by atoms with E-state index in [1.807, 2.05) is 12.3 Å². The molecule has 1 spiro atoms. The Labute approximate surface area is 168 Å². The largest absolute Gasteiger partial charge is 0.480 e. The molecule has 1 aliphatic heterocycles. The summed E-state index contributed by atoms with van der Waals surface area (Å²) >= 11 is 7.69. The van der Waals surface area contributed by atoms with E-state index in [0.717, 1.165) is 23.8 Å². The minimum absolute atomic E-state index is 0.388. The van der Waals surface area contributed by atoms with Crippen molar-refractivity contribution in [2.24, 2.45) is 5.41 Å². The summed E-state index contributed by atoms with van der Waals surface area (Å²) in [6, 6.07) is 1.82. The molecule has 0 aromatic carbocycles. The highest BCUT2D eigenvalue weighted by Crippen LogP contribution is 2.46. The van der Waals surface area contributed by atoms with E-state index >= 15 is 0 Å². The molecule has 144 valence electrons. The molecule has 0 unspecified atom stereocenters. The second-order valence-electron chi connectivity index (χ2n) is 7.35. The maximum absolute atomic E-state index is 6.32. The Bertz CT molecular complexity index is 818. The van der Waals surface area contributed by atoms with E-state index < -0.39 is 0 Å². The van der Waals surface area contributed by atoms with Gasteiger partial charge in [-0.05, 0) is 37.2 Å². The first-order chi connectivity index (χ1) is 13.1. The second kappa shape index (κ2) is 7.72. The molecule has 3 heterocycles. The van der Waals surface area contributed by atoms with Crippen molar-refractivity contribution in [3.05, 3.63) is 23.5 Å². The van der Waals surface area contributed by atoms with Gasteiger partial charge in [-0.3, -0.25) is 0 Å². The number of piperidine rings is 1. The van der Waals surface area contributed by atoms with E-state index in [9.17, 15) is 0 Å². The maximum atomic E-state index is 6.32. The van der Waals surface area contributed by atoms with Crippen molar-refractivity contribution in [3.63, 3.8) is 0 Å². The highest BCUT2D eigenvalue weighted by atomic mass is 35.5. The highest BCUT2D eigenvalue weighted by molar-refractivity contribution is 7.99. The minimum Gasteiger partial charge on any atom is -0.480 e. The number of ether oxygens (including phenoxy) is 1. The third-order valence-corrected chi connectivity index (χ3v) is 7.33. The summed E-state index contributed by atoms with van der Waals surface area (Å²) in [5.74, 6) is 1.67. The van der Waals surface area contributed by atoms with Gasteiger partial charge in [0, 0.05) is 24.2 Å². The van der Waals surface area contributed by atoms with Gasteiger partial charge in [0.25, 0.3) is 0 Å². The van der Waals surface area contributed by atoms with Crippen molar-refractivity contribution in [1.82, 2.24) is 15.0 Å². The van der Waals surface area contributed by atoms with Crippen LogP contribution in [0.1, 0.15) is 38.5 Å². The number of pyridine rings is 1. The van der Waals surface area contributed by atoms with Crippen molar-refractivity contribution in [2.75, 3.05) is 30.8 Å². The lowest BCUT2D eigenvalue weighted by atomic mass is 9.77. The van der Waals surface area contributed by atoms with Gasteiger partial charge in [-0.2, -0.15) is 0 Å². The number of hydrogen-bond acceptors (Lipinski definition) is 7. The average molecular weight is 406 g/mol. The SMILES string of the molecule is COc1nccc(Sc2ncc(N3CCC4(CCCC4)CC3)nc2N)c1Cl. The molecule has 2 aliphatic rings. The first kappa shape index (κ1) is 18.6. The number of hydrogen-bond donors (Lipinski definition) is 1. The van der Waals surface area contributed by atoms with E-state index in [4.69, 9.17) is 22.1 Å². The van der Waals surface area contributed by atoms with Crippen LogP contribution in [0, 0.1) is 5.41 Å². The van der Waals surface area contributed by atoms with Crippen LogP contribution in [-0.4, -0.2) is 35.2 Å². The van der Waals surface area contributed by atoms with E-state index in [2.05, 4.69) is 19.9 Å². The lowest BCUT2D eigenvalue weighted by Gasteiger charge is -2.39. The Hall–Kier alpha value is -1.73. The molecular weight excluding hydrogens is 382 g/mol. The Kier molecular flexibility index (Phi) is 5.32. The van der Waals surface area contributed by atoms with Crippen molar-refractivity contribution in [1.29, 1.82) is 0 Å². The highest BCUT2D eigenvalue weighted by Gasteiger charge is 2.37. The first-order valence-corrected chi connectivity index (χ1v) is 10.5. The number of anilines is 2. The van der Waals surface area contributed by atoms with E-state index in [1.165, 1.54) is 50.3 Å². The minimum atomic E-state index is 0.388. The predicted octanol–water partition coefficient (Wildman–Crippen LogP) is 4.43. The molecule has 2 aromatic heterocycles. The third kappa shape index (κ3) is 3.80. The van der Waals surface area contributed by atoms with Crippen LogP contribution < -0.4 is 15.4 Å². The standard InChI is InChI=1S/C19H24ClN5OS/c1-26-17-15(20)13(4-9-22-17)27-18-16(21)24-14(12-23-18)25-10-7-19(8-11-25)5-2-3-6-19/h4,9,12H,2-3,5-8,10-11H2,1H3,(H2,21,24). The molecular formula is C19H24ClN5OS. The van der Waals surface area contributed by atoms with Crippen molar-refractivity contribution in [3.8, 4) is 5.88 Å². The summed E-state index contributed by atoms with van der Waals surface area (Å²) in [6.07, 6.45) is 11.5. The van der Waals surface area contributed by atoms with Gasteiger partial charge in [-0.15, -0.1) is 0 Å². The van der Waals surface area contributed by atoms with Crippen LogP contribution in [0.2, 0.25) is 5.02 Å². The summed E-state index contributed by atoms with van der Waals surface area (Å²) in [5, 5.41) is 1.09. The molecule has 0 radical (unpaired) electrons. The summed E-state index contributed by atoms with van der Waals surface area (Å²) in [5.41, 5.74) is 6.79. The number of halogens is 1. The smallest absolute Gasteiger partial charge is 0.233 e. The van der Waals surface area contributed by atoms with Gasteiger partial charge in [0.2, 0.25) is 5.88 Å². The molecule has 6 nitrogen and oxygen atoms in total. The number of aromatic nitrogens is 3. The molecule has 4 rings (SSSR count). The fourth-order valence-electron chi connectivity index (χ4n) is 4.18. The summed E-state index contributed by atoms with van der Waals surface area (Å²) < 4.78 is 5.16. The van der Waals surface area contributed by atoms with Gasteiger partial charge >= 0.3 is 0 Å². The number of nitrogens with two attached hydrogens (primary N) is 1. The van der Waals surface area contributed by atoms with Crippen LogP contribution in [0.3, 0.4) is 0 Å². The van der Waals surface area contributed by atoms with Gasteiger partial charge in [0.05, 0.1) is 13.3 Å². The van der Waals surface area contributed by atoms with Crippen LogP contribution in [0.5, 0.6) is 5.88 Å². The van der Waals surface area contributed by atoms with Crippen molar-refractivity contribution < 1.29 is 4.74 Å². The number of methoxy groups -OCH3 is 1. The molecule has 1 saturated carbocycles. The van der Waals surface area contributed by atoms with Crippen LogP contribution >= 0.6 is 23.4 Å². The Morgan fingerprint density at radius 2 is 1.93 bits per heavy atom. The molecule has 8 heteroatoms. The molecule has 0 atom stereocenters. The molecule has 0 amide bonds. The average Bonchev–Trinajstić information content (AvgIpc) is 3.13. The number of nitrogen functional groups attached to an aromatic ring is 1. The molecule has 2 aromatic rings. The van der Waals surface area contributed by atoms with Crippen molar-refractivity contribution >= 4 is 35.0 Å². The number of nitrogens with zero attached hydrogens (tertiary/aromatic N) is 4. The van der Waals surface area contributed by atoms with Crippen LogP contribution in [-0.2, 0) is 0 Å². The molecule has 1 saturated heterocycles. The topological polar surface area (TPSA) is 77.2 Å². The van der Waals surface area contributed by atoms with Crippen LogP contribution in [0.4, 0.5) is 11.6 Å². The van der Waals surface area contributed by atoms with Gasteiger partial charge in [0.15, 0.2) is 5.82 Å². The Morgan fingerprint density at radius 3 is 2.59 bits per heavy atom. The molecule has 1 aliphatic carbocycles. The monoisotopic (exact) mass is 405 g/mol. The van der Waals surface area contributed by atoms with Gasteiger partial charge < -0.3 is 15.4 Å². The normalized spacial score (nSPS) is 18.8. The third-order valence-electron chi connectivity index (χ3n) is 5.79. The zero-order valence-corrected chi connectivity index (χ0v) is 17.0. The Morgan fingerprint density at radius 1 is 1.19 bits per heavy atom. The molecule has 0 bridgehead atoms. The van der Waals surface area contributed by atoms with Gasteiger partial charge in [-0.1, -0.05) is 36.2 Å². The summed E-state index contributed by atoms with van der Waals surface area (Å²) in [6.45, 7) is 2.07. The lowest BCUT2D eigenvalue weighted by Crippen LogP contribution is -2.39. The van der Waals surface area contributed by atoms with E-state index in [1.54, 1.807) is 13.3 Å². The quantitative estimate of drug-likeness (QED) is 0.806. The summed E-state index contributed by atoms with van der Waals surface area (Å²) in [4.78, 5) is 16.3. The predicted molar refractivity (Wildman–Crippen MR) is 109 cm³/mol. The van der Waals surface area contributed by atoms with Gasteiger partial charge in [-0.25, -0.2) is 15.0 Å². The molecule has 2 N–H and O–H groups in total. The number of rotatable bonds is 4. The molecule has 2 fully saturated rings. The fourth-order valence-corrected chi connectivity index (χ4v) is 5.26. The lowest BCUT2D eigenvalue weighted by molar-refractivity contribution is 0.226. The Balaban J connectivity index is 1.47. The first-order valence-electron chi connectivity index (χ1n) is 9.34. The van der Waals surface area contributed by atoms with E-state index in [-0.39, 0.29) is 0 Å².